The maximum atomic E-state index is 12.5. The number of hydrogen-bond donors (Lipinski definition) is 6. The van der Waals surface area contributed by atoms with Crippen molar-refractivity contribution in [2.75, 3.05) is 25.5 Å². The summed E-state index contributed by atoms with van der Waals surface area (Å²) in [6, 6.07) is 9.43. The number of carbonyl (C=O) groups excluding carboxylic acids is 1. The second kappa shape index (κ2) is 11.4. The Kier molecular flexibility index (Phi) is 8.60. The zero-order valence-electron chi connectivity index (χ0n) is 18.7. The maximum Gasteiger partial charge on any atom is 0.326 e. The van der Waals surface area contributed by atoms with Gasteiger partial charge in [0.1, 0.15) is 6.04 Å². The van der Waals surface area contributed by atoms with Crippen molar-refractivity contribution in [2.45, 2.75) is 31.3 Å². The molecule has 0 aliphatic carbocycles. The van der Waals surface area contributed by atoms with Crippen LogP contribution in [0.5, 0.6) is 0 Å². The van der Waals surface area contributed by atoms with Crippen LogP contribution in [-0.2, 0) is 11.3 Å². The highest BCUT2D eigenvalue weighted by atomic mass is 35.5. The van der Waals surface area contributed by atoms with Crippen LogP contribution in [0.4, 0.5) is 10.5 Å². The standard InChI is InChI=1S/C23H28Cl2N6O3/c1-31-11-17(16-9-14(24)10-19(25)18(16)12-31)13-4-2-5-15(8-13)29-23(34)30-20(21(32)33)6-3-7-28-22(26)27/h2,4-5,8-10,17,20H,3,6-7,11-12H2,1H3,(H,32,33)(H4,26,27,28)(H2,29,30,34)/t17?,20-/m0/s1. The molecule has 1 heterocycles. The fraction of sp³-hybridized carbons (Fsp3) is 0.348. The number of carboxylic acids is 1. The lowest BCUT2D eigenvalue weighted by Gasteiger charge is -2.33. The SMILES string of the molecule is CN1Cc2c(Cl)cc(Cl)cc2C(c2cccc(NC(=O)N[C@@H](CCCNC(=N)N)C(=O)O)c2)C1. The molecule has 0 bridgehead atoms. The van der Waals surface area contributed by atoms with Gasteiger partial charge < -0.3 is 31.7 Å². The van der Waals surface area contributed by atoms with Gasteiger partial charge in [-0.1, -0.05) is 35.3 Å². The van der Waals surface area contributed by atoms with E-state index in [4.69, 9.17) is 34.3 Å². The Morgan fingerprint density at radius 2 is 2.06 bits per heavy atom. The molecule has 2 amide bonds. The van der Waals surface area contributed by atoms with Gasteiger partial charge in [0.05, 0.1) is 0 Å². The first-order valence-electron chi connectivity index (χ1n) is 10.8. The van der Waals surface area contributed by atoms with E-state index < -0.39 is 18.0 Å². The summed E-state index contributed by atoms with van der Waals surface area (Å²) in [5, 5.41) is 25.6. The maximum absolute atomic E-state index is 12.5. The number of benzene rings is 2. The monoisotopic (exact) mass is 506 g/mol. The summed E-state index contributed by atoms with van der Waals surface area (Å²) in [4.78, 5) is 26.2. The third-order valence-corrected chi connectivity index (χ3v) is 6.18. The summed E-state index contributed by atoms with van der Waals surface area (Å²) >= 11 is 12.7. The lowest BCUT2D eigenvalue weighted by atomic mass is 9.84. The zero-order chi connectivity index (χ0) is 24.8. The summed E-state index contributed by atoms with van der Waals surface area (Å²) in [6.45, 7) is 1.82. The fourth-order valence-electron chi connectivity index (χ4n) is 4.08. The number of hydrogen-bond acceptors (Lipinski definition) is 4. The van der Waals surface area contributed by atoms with Crippen LogP contribution in [0.2, 0.25) is 10.0 Å². The number of carboxylic acid groups (broad SMARTS) is 1. The Labute approximate surface area is 208 Å². The van der Waals surface area contributed by atoms with E-state index in [0.717, 1.165) is 29.8 Å². The Bertz CT molecular complexity index is 1080. The molecule has 7 N–H and O–H groups in total. The summed E-state index contributed by atoms with van der Waals surface area (Å²) in [7, 11) is 2.02. The summed E-state index contributed by atoms with van der Waals surface area (Å²) in [6.07, 6.45) is 0.613. The third-order valence-electron chi connectivity index (χ3n) is 5.63. The van der Waals surface area contributed by atoms with Gasteiger partial charge in [0.2, 0.25) is 0 Å². The van der Waals surface area contributed by atoms with E-state index in [2.05, 4.69) is 20.9 Å². The number of anilines is 1. The molecule has 0 saturated carbocycles. The van der Waals surface area contributed by atoms with Gasteiger partial charge in [-0.05, 0) is 60.8 Å². The number of fused-ring (bicyclic) bond motifs is 1. The number of nitrogens with two attached hydrogens (primary N) is 1. The molecule has 1 unspecified atom stereocenters. The molecule has 0 radical (unpaired) electrons. The number of nitrogens with one attached hydrogen (secondary N) is 4. The summed E-state index contributed by atoms with van der Waals surface area (Å²) in [5.74, 6) is -1.31. The number of guanidine groups is 1. The normalized spacial score (nSPS) is 16.3. The number of aliphatic carboxylic acids is 1. The van der Waals surface area contributed by atoms with E-state index in [9.17, 15) is 14.7 Å². The van der Waals surface area contributed by atoms with Crippen LogP contribution < -0.4 is 21.7 Å². The molecule has 182 valence electrons. The molecule has 2 atom stereocenters. The molecule has 0 saturated heterocycles. The van der Waals surface area contributed by atoms with Crippen LogP contribution >= 0.6 is 23.2 Å². The van der Waals surface area contributed by atoms with Crippen LogP contribution in [0.15, 0.2) is 36.4 Å². The average Bonchev–Trinajstić information content (AvgIpc) is 2.75. The molecule has 2 aromatic rings. The van der Waals surface area contributed by atoms with Crippen molar-refractivity contribution in [1.29, 1.82) is 5.41 Å². The quantitative estimate of drug-likeness (QED) is 0.184. The topological polar surface area (TPSA) is 144 Å². The average molecular weight is 507 g/mol. The van der Waals surface area contributed by atoms with E-state index in [1.807, 2.05) is 31.3 Å². The molecule has 0 fully saturated rings. The molecule has 0 spiro atoms. The molecule has 2 aromatic carbocycles. The summed E-state index contributed by atoms with van der Waals surface area (Å²) < 4.78 is 0. The van der Waals surface area contributed by atoms with Crippen LogP contribution in [0.3, 0.4) is 0 Å². The predicted octanol–water partition coefficient (Wildman–Crippen LogP) is 3.41. The molecule has 9 nitrogen and oxygen atoms in total. The highest BCUT2D eigenvalue weighted by molar-refractivity contribution is 6.35. The van der Waals surface area contributed by atoms with Crippen molar-refractivity contribution in [3.05, 3.63) is 63.1 Å². The number of rotatable bonds is 8. The Balaban J connectivity index is 1.71. The largest absolute Gasteiger partial charge is 0.480 e. The molecule has 1 aliphatic rings. The first-order valence-corrected chi connectivity index (χ1v) is 11.5. The smallest absolute Gasteiger partial charge is 0.326 e. The Hall–Kier alpha value is -3.01. The van der Waals surface area contributed by atoms with Gasteiger partial charge in [0.25, 0.3) is 0 Å². The van der Waals surface area contributed by atoms with Crippen molar-refractivity contribution >= 4 is 46.8 Å². The van der Waals surface area contributed by atoms with E-state index >= 15 is 0 Å². The van der Waals surface area contributed by atoms with Crippen LogP contribution in [0.25, 0.3) is 0 Å². The zero-order valence-corrected chi connectivity index (χ0v) is 20.2. The van der Waals surface area contributed by atoms with Crippen molar-refractivity contribution in [2.24, 2.45) is 5.73 Å². The van der Waals surface area contributed by atoms with Gasteiger partial charge in [-0.2, -0.15) is 0 Å². The van der Waals surface area contributed by atoms with Gasteiger partial charge in [-0.15, -0.1) is 0 Å². The molecule has 3 rings (SSSR count). The molecule has 11 heteroatoms. The van der Waals surface area contributed by atoms with Gasteiger partial charge in [-0.25, -0.2) is 9.59 Å². The fourth-order valence-corrected chi connectivity index (χ4v) is 4.64. The number of amides is 2. The Morgan fingerprint density at radius 3 is 2.76 bits per heavy atom. The van der Waals surface area contributed by atoms with Crippen molar-refractivity contribution in [1.82, 2.24) is 15.5 Å². The number of likely N-dealkylation sites (N-methyl/N-ethyl adjacent to an activating group) is 1. The van der Waals surface area contributed by atoms with Crippen molar-refractivity contribution in [3.63, 3.8) is 0 Å². The van der Waals surface area contributed by atoms with Crippen LogP contribution in [0.1, 0.15) is 35.4 Å². The lowest BCUT2D eigenvalue weighted by molar-refractivity contribution is -0.139. The minimum atomic E-state index is -1.14. The molecular weight excluding hydrogens is 479 g/mol. The lowest BCUT2D eigenvalue weighted by Crippen LogP contribution is -2.43. The van der Waals surface area contributed by atoms with Gasteiger partial charge >= 0.3 is 12.0 Å². The van der Waals surface area contributed by atoms with E-state index in [1.165, 1.54) is 0 Å². The van der Waals surface area contributed by atoms with Gasteiger partial charge in [0, 0.05) is 41.3 Å². The molecule has 0 aromatic heterocycles. The third kappa shape index (κ3) is 6.75. The van der Waals surface area contributed by atoms with Gasteiger partial charge in [0.15, 0.2) is 5.96 Å². The second-order valence-corrected chi connectivity index (χ2v) is 9.15. The van der Waals surface area contributed by atoms with Crippen molar-refractivity contribution < 1.29 is 14.7 Å². The van der Waals surface area contributed by atoms with Crippen LogP contribution in [0, 0.1) is 5.41 Å². The Morgan fingerprint density at radius 1 is 1.29 bits per heavy atom. The number of halogens is 2. The first kappa shape index (κ1) is 25.6. The predicted molar refractivity (Wildman–Crippen MR) is 134 cm³/mol. The van der Waals surface area contributed by atoms with Crippen molar-refractivity contribution in [3.8, 4) is 0 Å². The van der Waals surface area contributed by atoms with Crippen LogP contribution in [-0.4, -0.2) is 54.1 Å². The minimum absolute atomic E-state index is 0.00954. The molecular formula is C23H28Cl2N6O3. The van der Waals surface area contributed by atoms with E-state index in [1.54, 1.807) is 12.1 Å². The second-order valence-electron chi connectivity index (χ2n) is 8.30. The number of nitrogens with zero attached hydrogens (tertiary/aromatic N) is 1. The summed E-state index contributed by atoms with van der Waals surface area (Å²) in [5.41, 5.74) is 8.82. The van der Waals surface area contributed by atoms with E-state index in [-0.39, 0.29) is 18.3 Å². The van der Waals surface area contributed by atoms with E-state index in [0.29, 0.717) is 28.7 Å². The number of urea groups is 1. The number of carbonyl (C=O) groups is 2. The minimum Gasteiger partial charge on any atom is -0.480 e. The first-order chi connectivity index (χ1) is 16.1. The highest BCUT2D eigenvalue weighted by Crippen LogP contribution is 2.38. The van der Waals surface area contributed by atoms with Gasteiger partial charge in [-0.3, -0.25) is 5.41 Å². The molecule has 34 heavy (non-hydrogen) atoms. The highest BCUT2D eigenvalue weighted by Gasteiger charge is 2.27. The molecule has 1 aliphatic heterocycles.